The predicted molar refractivity (Wildman–Crippen MR) is 102 cm³/mol. The van der Waals surface area contributed by atoms with E-state index >= 15 is 0 Å². The number of hydrogen-bond donors (Lipinski definition) is 1. The lowest BCUT2D eigenvalue weighted by atomic mass is 10.0. The molecule has 2 atom stereocenters. The van der Waals surface area contributed by atoms with Gasteiger partial charge in [-0.25, -0.2) is 4.98 Å². The standard InChI is InChI=1S/C20H27N3O3/c1-6-25-18-10-17(15-8-7-12(2)13(3)19(15)22-18)26-14-9-16(20(24)21-4)23(5)11-14/h7-8,10,14,16H,6,9,11H2,1-5H3,(H,21,24)/t14-,16?/m1/s1. The molecule has 2 heterocycles. The summed E-state index contributed by atoms with van der Waals surface area (Å²) in [5, 5.41) is 3.70. The smallest absolute Gasteiger partial charge is 0.237 e. The second kappa shape index (κ2) is 7.50. The van der Waals surface area contributed by atoms with Crippen LogP contribution in [0.3, 0.4) is 0 Å². The molecule has 1 saturated heterocycles. The number of amides is 1. The van der Waals surface area contributed by atoms with Crippen LogP contribution in [-0.4, -0.2) is 55.2 Å². The van der Waals surface area contributed by atoms with Crippen molar-refractivity contribution in [1.29, 1.82) is 0 Å². The second-order valence-corrected chi connectivity index (χ2v) is 6.84. The molecule has 3 rings (SSSR count). The average molecular weight is 357 g/mol. The molecule has 1 aliphatic rings. The number of aromatic nitrogens is 1. The van der Waals surface area contributed by atoms with Crippen LogP contribution in [0.15, 0.2) is 18.2 Å². The molecule has 6 heteroatoms. The van der Waals surface area contributed by atoms with Crippen molar-refractivity contribution >= 4 is 16.8 Å². The fourth-order valence-corrected chi connectivity index (χ4v) is 3.49. The molecule has 1 aromatic heterocycles. The van der Waals surface area contributed by atoms with Crippen LogP contribution >= 0.6 is 0 Å². The van der Waals surface area contributed by atoms with Crippen molar-refractivity contribution in [1.82, 2.24) is 15.2 Å². The summed E-state index contributed by atoms with van der Waals surface area (Å²) in [5.74, 6) is 1.36. The molecule has 1 fully saturated rings. The Bertz CT molecular complexity index is 822. The average Bonchev–Trinajstić information content (AvgIpc) is 2.98. The fourth-order valence-electron chi connectivity index (χ4n) is 3.49. The number of ether oxygens (including phenoxy) is 2. The first-order chi connectivity index (χ1) is 12.4. The minimum Gasteiger partial charge on any atom is -0.488 e. The first kappa shape index (κ1) is 18.5. The van der Waals surface area contributed by atoms with Gasteiger partial charge < -0.3 is 14.8 Å². The van der Waals surface area contributed by atoms with Crippen LogP contribution in [0.1, 0.15) is 24.5 Å². The normalized spacial score (nSPS) is 20.3. The van der Waals surface area contributed by atoms with Gasteiger partial charge in [-0.05, 0) is 45.0 Å². The number of aryl methyl sites for hydroxylation is 2. The van der Waals surface area contributed by atoms with E-state index in [1.807, 2.05) is 31.0 Å². The van der Waals surface area contributed by atoms with E-state index < -0.39 is 0 Å². The van der Waals surface area contributed by atoms with Crippen LogP contribution < -0.4 is 14.8 Å². The zero-order valence-electron chi connectivity index (χ0n) is 16.1. The molecule has 1 unspecified atom stereocenters. The molecule has 0 bridgehead atoms. The van der Waals surface area contributed by atoms with E-state index in [4.69, 9.17) is 9.47 Å². The Morgan fingerprint density at radius 1 is 1.38 bits per heavy atom. The van der Waals surface area contributed by atoms with Gasteiger partial charge in [-0.1, -0.05) is 6.07 Å². The summed E-state index contributed by atoms with van der Waals surface area (Å²) in [6.45, 7) is 7.33. The molecule has 26 heavy (non-hydrogen) atoms. The van der Waals surface area contributed by atoms with Crippen molar-refractivity contribution in [2.24, 2.45) is 0 Å². The van der Waals surface area contributed by atoms with Gasteiger partial charge in [-0.2, -0.15) is 0 Å². The molecule has 1 aromatic carbocycles. The van der Waals surface area contributed by atoms with Crippen molar-refractivity contribution in [3.63, 3.8) is 0 Å². The number of nitrogens with one attached hydrogen (secondary N) is 1. The molecule has 0 saturated carbocycles. The Morgan fingerprint density at radius 3 is 2.85 bits per heavy atom. The summed E-state index contributed by atoms with van der Waals surface area (Å²) in [4.78, 5) is 18.7. The summed E-state index contributed by atoms with van der Waals surface area (Å²) in [7, 11) is 3.62. The van der Waals surface area contributed by atoms with Gasteiger partial charge in [0.05, 0.1) is 18.2 Å². The summed E-state index contributed by atoms with van der Waals surface area (Å²) in [5.41, 5.74) is 3.21. The van der Waals surface area contributed by atoms with Gasteiger partial charge in [0.25, 0.3) is 0 Å². The lowest BCUT2D eigenvalue weighted by molar-refractivity contribution is -0.124. The van der Waals surface area contributed by atoms with Crippen LogP contribution in [0.25, 0.3) is 10.9 Å². The van der Waals surface area contributed by atoms with Crippen molar-refractivity contribution in [3.05, 3.63) is 29.3 Å². The minimum atomic E-state index is -0.159. The number of rotatable bonds is 5. The Morgan fingerprint density at radius 2 is 2.15 bits per heavy atom. The van der Waals surface area contributed by atoms with Crippen molar-refractivity contribution < 1.29 is 14.3 Å². The van der Waals surface area contributed by atoms with Crippen LogP contribution in [0.2, 0.25) is 0 Å². The molecule has 0 aliphatic carbocycles. The lowest BCUT2D eigenvalue weighted by Crippen LogP contribution is -2.39. The third-order valence-electron chi connectivity index (χ3n) is 5.09. The largest absolute Gasteiger partial charge is 0.488 e. The number of carbonyl (C=O) groups excluding carboxylic acids is 1. The van der Waals surface area contributed by atoms with Crippen LogP contribution in [0.4, 0.5) is 0 Å². The van der Waals surface area contributed by atoms with Crippen molar-refractivity contribution in [2.45, 2.75) is 39.3 Å². The second-order valence-electron chi connectivity index (χ2n) is 6.84. The van der Waals surface area contributed by atoms with Crippen LogP contribution in [-0.2, 0) is 4.79 Å². The van der Waals surface area contributed by atoms with Crippen molar-refractivity contribution in [2.75, 3.05) is 27.2 Å². The zero-order valence-corrected chi connectivity index (χ0v) is 16.1. The number of carbonyl (C=O) groups is 1. The number of nitrogens with zero attached hydrogens (tertiary/aromatic N) is 2. The summed E-state index contributed by atoms with van der Waals surface area (Å²) < 4.78 is 12.0. The molecule has 1 aliphatic heterocycles. The lowest BCUT2D eigenvalue weighted by Gasteiger charge is -2.17. The SMILES string of the molecule is CCOc1cc(O[C@@H]2CC(C(=O)NC)N(C)C2)c2ccc(C)c(C)c2n1. The van der Waals surface area contributed by atoms with E-state index in [0.717, 1.165) is 22.2 Å². The monoisotopic (exact) mass is 357 g/mol. The summed E-state index contributed by atoms with van der Waals surface area (Å²) in [6, 6.07) is 5.83. The Hall–Kier alpha value is -2.34. The number of fused-ring (bicyclic) bond motifs is 1. The van der Waals surface area contributed by atoms with E-state index in [0.29, 0.717) is 25.5 Å². The predicted octanol–water partition coefficient (Wildman–Crippen LogP) is 2.45. The van der Waals surface area contributed by atoms with Crippen molar-refractivity contribution in [3.8, 4) is 11.6 Å². The van der Waals surface area contributed by atoms with Gasteiger partial charge in [-0.15, -0.1) is 0 Å². The van der Waals surface area contributed by atoms with Gasteiger partial charge in [-0.3, -0.25) is 9.69 Å². The van der Waals surface area contributed by atoms with Gasteiger partial charge in [0.1, 0.15) is 11.9 Å². The highest BCUT2D eigenvalue weighted by atomic mass is 16.5. The number of benzene rings is 1. The maximum Gasteiger partial charge on any atom is 0.237 e. The summed E-state index contributed by atoms with van der Waals surface area (Å²) in [6.07, 6.45) is 0.610. The quantitative estimate of drug-likeness (QED) is 0.890. The fraction of sp³-hybridized carbons (Fsp3) is 0.500. The molecular formula is C20H27N3O3. The highest BCUT2D eigenvalue weighted by Crippen LogP contribution is 2.33. The topological polar surface area (TPSA) is 63.7 Å². The van der Waals surface area contributed by atoms with E-state index in [1.165, 1.54) is 5.56 Å². The third-order valence-corrected chi connectivity index (χ3v) is 5.09. The molecule has 140 valence electrons. The molecule has 2 aromatic rings. The third kappa shape index (κ3) is 3.46. The van der Waals surface area contributed by atoms with E-state index in [-0.39, 0.29) is 18.1 Å². The summed E-state index contributed by atoms with van der Waals surface area (Å²) >= 11 is 0. The zero-order chi connectivity index (χ0) is 18.8. The molecular weight excluding hydrogens is 330 g/mol. The van der Waals surface area contributed by atoms with E-state index in [2.05, 4.69) is 30.2 Å². The Kier molecular flexibility index (Phi) is 5.32. The molecule has 1 N–H and O–H groups in total. The van der Waals surface area contributed by atoms with Crippen LogP contribution in [0.5, 0.6) is 11.6 Å². The first-order valence-corrected chi connectivity index (χ1v) is 9.06. The minimum absolute atomic E-state index is 0.0275. The number of likely N-dealkylation sites (tertiary alicyclic amines) is 1. The van der Waals surface area contributed by atoms with E-state index in [9.17, 15) is 4.79 Å². The highest BCUT2D eigenvalue weighted by Gasteiger charge is 2.35. The Balaban J connectivity index is 1.94. The van der Waals surface area contributed by atoms with Crippen LogP contribution in [0, 0.1) is 13.8 Å². The maximum absolute atomic E-state index is 12.0. The first-order valence-electron chi connectivity index (χ1n) is 9.06. The number of likely N-dealkylation sites (N-methyl/N-ethyl adjacent to an activating group) is 2. The number of pyridine rings is 1. The molecule has 1 amide bonds. The maximum atomic E-state index is 12.0. The molecule has 6 nitrogen and oxygen atoms in total. The Labute approximate surface area is 154 Å². The van der Waals surface area contributed by atoms with E-state index in [1.54, 1.807) is 7.05 Å². The van der Waals surface area contributed by atoms with Gasteiger partial charge in [0.15, 0.2) is 0 Å². The number of hydrogen-bond acceptors (Lipinski definition) is 5. The molecule has 0 radical (unpaired) electrons. The highest BCUT2D eigenvalue weighted by molar-refractivity contribution is 5.89. The van der Waals surface area contributed by atoms with Gasteiger partial charge >= 0.3 is 0 Å². The van der Waals surface area contributed by atoms with Gasteiger partial charge in [0, 0.05) is 31.5 Å². The van der Waals surface area contributed by atoms with Gasteiger partial charge in [0.2, 0.25) is 11.8 Å². The molecule has 0 spiro atoms.